The van der Waals surface area contributed by atoms with E-state index < -0.39 is 33.8 Å². The number of carbonyl (C=O) groups is 1. The lowest BCUT2D eigenvalue weighted by molar-refractivity contribution is -0.139. The summed E-state index contributed by atoms with van der Waals surface area (Å²) in [7, 11) is -8.95. The molecule has 0 aromatic heterocycles. The van der Waals surface area contributed by atoms with Gasteiger partial charge in [0.2, 0.25) is 0 Å². The first-order valence-electron chi connectivity index (χ1n) is 8.94. The maximum atomic E-state index is 12.2. The summed E-state index contributed by atoms with van der Waals surface area (Å²) in [6.45, 7) is 25.4. The highest BCUT2D eigenvalue weighted by atomic mass is 28.5. The van der Waals surface area contributed by atoms with Gasteiger partial charge in [0, 0.05) is 11.6 Å². The molecular formula is C16H38O5Si4. The molecule has 0 radical (unpaired) electrons. The summed E-state index contributed by atoms with van der Waals surface area (Å²) < 4.78 is 24.9. The number of esters is 1. The van der Waals surface area contributed by atoms with Gasteiger partial charge in [-0.1, -0.05) is 13.5 Å². The quantitative estimate of drug-likeness (QED) is 0.267. The molecule has 0 amide bonds. The van der Waals surface area contributed by atoms with Crippen LogP contribution < -0.4 is 0 Å². The van der Waals surface area contributed by atoms with Gasteiger partial charge < -0.3 is 17.1 Å². The van der Waals surface area contributed by atoms with Crippen molar-refractivity contribution < 1.29 is 21.9 Å². The van der Waals surface area contributed by atoms with E-state index in [4.69, 9.17) is 17.1 Å². The fourth-order valence-corrected chi connectivity index (χ4v) is 16.6. The first-order valence-corrected chi connectivity index (χ1v) is 21.1. The third kappa shape index (κ3) is 12.1. The van der Waals surface area contributed by atoms with Gasteiger partial charge in [0.1, 0.15) is 0 Å². The Bertz CT molecular complexity index is 420. The van der Waals surface area contributed by atoms with Gasteiger partial charge in [-0.15, -0.1) is 0 Å². The van der Waals surface area contributed by atoms with Crippen molar-refractivity contribution in [1.29, 1.82) is 0 Å². The molecule has 148 valence electrons. The summed E-state index contributed by atoms with van der Waals surface area (Å²) >= 11 is 0. The number of carbonyl (C=O) groups excluding carboxylic acids is 1. The van der Waals surface area contributed by atoms with E-state index in [-0.39, 0.29) is 5.97 Å². The summed E-state index contributed by atoms with van der Waals surface area (Å²) in [6, 6.07) is 0.300. The Kier molecular flexibility index (Phi) is 9.23. The number of hydrogen-bond acceptors (Lipinski definition) is 5. The van der Waals surface area contributed by atoms with Crippen LogP contribution in [0.25, 0.3) is 0 Å². The maximum absolute atomic E-state index is 12.2. The lowest BCUT2D eigenvalue weighted by Gasteiger charge is -2.42. The minimum atomic E-state index is -3.08. The molecule has 0 unspecified atom stereocenters. The van der Waals surface area contributed by atoms with Crippen molar-refractivity contribution in [1.82, 2.24) is 0 Å². The van der Waals surface area contributed by atoms with Gasteiger partial charge in [0.15, 0.2) is 25.0 Å². The van der Waals surface area contributed by atoms with E-state index in [0.29, 0.717) is 18.2 Å². The van der Waals surface area contributed by atoms with Crippen molar-refractivity contribution in [2.45, 2.75) is 78.3 Å². The molecule has 0 spiro atoms. The van der Waals surface area contributed by atoms with Crippen LogP contribution in [0.1, 0.15) is 13.3 Å². The third-order valence-electron chi connectivity index (χ3n) is 2.54. The second-order valence-corrected chi connectivity index (χ2v) is 26.1. The van der Waals surface area contributed by atoms with Crippen molar-refractivity contribution in [3.63, 3.8) is 0 Å². The van der Waals surface area contributed by atoms with Crippen LogP contribution in [0.5, 0.6) is 0 Å². The second kappa shape index (κ2) is 9.24. The van der Waals surface area contributed by atoms with Gasteiger partial charge in [0.25, 0.3) is 0 Å². The molecule has 0 fully saturated rings. The monoisotopic (exact) mass is 422 g/mol. The fourth-order valence-electron chi connectivity index (χ4n) is 2.20. The van der Waals surface area contributed by atoms with E-state index in [1.54, 1.807) is 0 Å². The Hall–Kier alpha value is -0.0425. The molecule has 0 saturated carbocycles. The fraction of sp³-hybridized carbons (Fsp3) is 0.812. The average Bonchev–Trinajstić information content (AvgIpc) is 2.28. The molecule has 0 bridgehead atoms. The highest BCUT2D eigenvalue weighted by Gasteiger charge is 2.51. The zero-order valence-corrected chi connectivity index (χ0v) is 21.9. The molecule has 0 atom stereocenters. The predicted octanol–water partition coefficient (Wildman–Crippen LogP) is 4.99. The molecular weight excluding hydrogens is 385 g/mol. The summed E-state index contributed by atoms with van der Waals surface area (Å²) in [5.74, 6) is -0.378. The van der Waals surface area contributed by atoms with Crippen molar-refractivity contribution in [3.05, 3.63) is 12.2 Å². The molecule has 0 aliphatic carbocycles. The SMILES string of the molecule is C=C(C[Si](O[Si](C)(C)C)(O[Si](C)(C)C)O[Si](C)(C)C)C(=O)OCCC. The molecule has 0 aliphatic rings. The summed E-state index contributed by atoms with van der Waals surface area (Å²) in [5, 5.41) is 0. The van der Waals surface area contributed by atoms with Crippen molar-refractivity contribution in [2.75, 3.05) is 6.61 Å². The van der Waals surface area contributed by atoms with Crippen LogP contribution >= 0.6 is 0 Å². The first kappa shape index (κ1) is 25.0. The van der Waals surface area contributed by atoms with Crippen LogP contribution in [0, 0.1) is 0 Å². The van der Waals surface area contributed by atoms with Crippen LogP contribution in [0.15, 0.2) is 12.2 Å². The average molecular weight is 423 g/mol. The Morgan fingerprint density at radius 2 is 1.16 bits per heavy atom. The van der Waals surface area contributed by atoms with E-state index in [1.807, 2.05) is 6.92 Å². The molecule has 0 saturated heterocycles. The van der Waals surface area contributed by atoms with Crippen LogP contribution in [-0.2, 0) is 21.9 Å². The van der Waals surface area contributed by atoms with Crippen LogP contribution in [0.3, 0.4) is 0 Å². The lowest BCUT2D eigenvalue weighted by atomic mass is 10.3. The van der Waals surface area contributed by atoms with Gasteiger partial charge in [-0.05, 0) is 65.3 Å². The van der Waals surface area contributed by atoms with E-state index in [9.17, 15) is 4.79 Å². The van der Waals surface area contributed by atoms with E-state index in [0.717, 1.165) is 6.42 Å². The number of ether oxygens (including phenoxy) is 1. The molecule has 5 nitrogen and oxygen atoms in total. The van der Waals surface area contributed by atoms with Crippen LogP contribution in [-0.4, -0.2) is 46.3 Å². The normalized spacial score (nSPS) is 13.7. The largest absolute Gasteiger partial charge is 0.474 e. The topological polar surface area (TPSA) is 54.0 Å². The lowest BCUT2D eigenvalue weighted by Crippen LogP contribution is -2.60. The van der Waals surface area contributed by atoms with Crippen LogP contribution in [0.4, 0.5) is 0 Å². The Labute approximate surface area is 158 Å². The minimum absolute atomic E-state index is 0.300. The molecule has 0 heterocycles. The van der Waals surface area contributed by atoms with Gasteiger partial charge in [0.05, 0.1) is 6.61 Å². The molecule has 0 aliphatic heterocycles. The van der Waals surface area contributed by atoms with Gasteiger partial charge in [-0.3, -0.25) is 0 Å². The van der Waals surface area contributed by atoms with Crippen molar-refractivity contribution in [3.8, 4) is 0 Å². The summed E-state index contributed by atoms with van der Waals surface area (Å²) in [4.78, 5) is 12.2. The first-order chi connectivity index (χ1) is 11.0. The van der Waals surface area contributed by atoms with Crippen molar-refractivity contribution in [2.24, 2.45) is 0 Å². The molecule has 0 rings (SSSR count). The maximum Gasteiger partial charge on any atom is 0.474 e. The highest BCUT2D eigenvalue weighted by molar-refractivity contribution is 6.90. The zero-order valence-electron chi connectivity index (χ0n) is 17.9. The Morgan fingerprint density at radius 3 is 1.44 bits per heavy atom. The molecule has 0 aromatic rings. The molecule has 0 N–H and O–H groups in total. The molecule has 0 aromatic carbocycles. The number of rotatable bonds is 11. The Balaban J connectivity index is 5.72. The van der Waals surface area contributed by atoms with Gasteiger partial charge in [-0.2, -0.15) is 0 Å². The molecule has 9 heteroatoms. The van der Waals surface area contributed by atoms with E-state index >= 15 is 0 Å². The second-order valence-electron chi connectivity index (χ2n) is 9.24. The standard InChI is InChI=1S/C16H38O5Si4/c1-12-13-18-16(17)15(2)14-25(19-22(3,4)5,20-23(6,7)8)21-24(9,10)11/h2,12-14H2,1,3-11H3. The summed E-state index contributed by atoms with van der Waals surface area (Å²) in [5.41, 5.74) is 0.384. The number of hydrogen-bond donors (Lipinski definition) is 0. The van der Waals surface area contributed by atoms with Gasteiger partial charge >= 0.3 is 14.8 Å². The molecule has 25 heavy (non-hydrogen) atoms. The predicted molar refractivity (Wildman–Crippen MR) is 114 cm³/mol. The minimum Gasteiger partial charge on any atom is -0.462 e. The third-order valence-corrected chi connectivity index (χ3v) is 14.5. The van der Waals surface area contributed by atoms with Crippen LogP contribution in [0.2, 0.25) is 65.0 Å². The Morgan fingerprint density at radius 1 is 0.800 bits per heavy atom. The van der Waals surface area contributed by atoms with E-state index in [1.165, 1.54) is 0 Å². The van der Waals surface area contributed by atoms with Gasteiger partial charge in [-0.25, -0.2) is 4.79 Å². The summed E-state index contributed by atoms with van der Waals surface area (Å²) in [6.07, 6.45) is 0.782. The zero-order chi connectivity index (χ0) is 20.1. The van der Waals surface area contributed by atoms with E-state index in [2.05, 4.69) is 65.5 Å². The smallest absolute Gasteiger partial charge is 0.462 e. The highest BCUT2D eigenvalue weighted by Crippen LogP contribution is 2.31. The van der Waals surface area contributed by atoms with Crippen molar-refractivity contribution >= 4 is 39.7 Å².